The SMILES string of the molecule is COCCNC(c1ccccc1)c1nc2c(s1)CCC2. The number of fused-ring (bicyclic) bond motifs is 1. The van der Waals surface area contributed by atoms with E-state index in [9.17, 15) is 0 Å². The summed E-state index contributed by atoms with van der Waals surface area (Å²) >= 11 is 1.87. The van der Waals surface area contributed by atoms with E-state index in [1.807, 2.05) is 11.3 Å². The molecule has 1 N–H and O–H groups in total. The topological polar surface area (TPSA) is 34.1 Å². The van der Waals surface area contributed by atoms with E-state index < -0.39 is 0 Å². The molecule has 1 aliphatic rings. The number of aromatic nitrogens is 1. The minimum absolute atomic E-state index is 0.182. The van der Waals surface area contributed by atoms with Crippen LogP contribution in [0.25, 0.3) is 0 Å². The molecule has 1 aromatic carbocycles. The van der Waals surface area contributed by atoms with Gasteiger partial charge in [-0.05, 0) is 24.8 Å². The largest absolute Gasteiger partial charge is 0.383 e. The van der Waals surface area contributed by atoms with Gasteiger partial charge >= 0.3 is 0 Å². The second-order valence-electron chi connectivity index (χ2n) is 5.07. The number of nitrogens with one attached hydrogen (secondary N) is 1. The summed E-state index contributed by atoms with van der Waals surface area (Å²) in [6.07, 6.45) is 3.61. The Labute approximate surface area is 124 Å². The molecule has 0 saturated heterocycles. The molecule has 0 aliphatic heterocycles. The summed E-state index contributed by atoms with van der Waals surface area (Å²) < 4.78 is 5.15. The molecule has 106 valence electrons. The second-order valence-corrected chi connectivity index (χ2v) is 6.18. The highest BCUT2D eigenvalue weighted by Gasteiger charge is 2.22. The van der Waals surface area contributed by atoms with Gasteiger partial charge in [0.1, 0.15) is 5.01 Å². The molecule has 0 amide bonds. The Morgan fingerprint density at radius 1 is 1.30 bits per heavy atom. The van der Waals surface area contributed by atoms with Crippen LogP contribution in [0.4, 0.5) is 0 Å². The van der Waals surface area contributed by atoms with Gasteiger partial charge in [-0.3, -0.25) is 0 Å². The third-order valence-electron chi connectivity index (χ3n) is 3.65. The molecule has 3 nitrogen and oxygen atoms in total. The van der Waals surface area contributed by atoms with Crippen molar-refractivity contribution < 1.29 is 4.74 Å². The number of methoxy groups -OCH3 is 1. The first-order chi connectivity index (χ1) is 9.88. The van der Waals surface area contributed by atoms with E-state index in [0.717, 1.165) is 13.0 Å². The number of thiazole rings is 1. The van der Waals surface area contributed by atoms with Crippen LogP contribution in [0.1, 0.15) is 33.6 Å². The minimum Gasteiger partial charge on any atom is -0.383 e. The Kier molecular flexibility index (Phi) is 4.45. The van der Waals surface area contributed by atoms with E-state index in [1.165, 1.54) is 34.0 Å². The molecule has 0 radical (unpaired) electrons. The Morgan fingerprint density at radius 2 is 2.15 bits per heavy atom. The van der Waals surface area contributed by atoms with Gasteiger partial charge in [-0.25, -0.2) is 4.98 Å². The zero-order valence-corrected chi connectivity index (χ0v) is 12.6. The van der Waals surface area contributed by atoms with Crippen LogP contribution in [0, 0.1) is 0 Å². The highest BCUT2D eigenvalue weighted by molar-refractivity contribution is 7.11. The Hall–Kier alpha value is -1.23. The van der Waals surface area contributed by atoms with Crippen LogP contribution in [-0.2, 0) is 17.6 Å². The first kappa shape index (κ1) is 13.7. The standard InChI is InChI=1S/C16H20N2OS/c1-19-11-10-17-15(12-6-3-2-4-7-12)16-18-13-8-5-9-14(13)20-16/h2-4,6-7,15,17H,5,8-11H2,1H3. The van der Waals surface area contributed by atoms with Crippen molar-refractivity contribution in [3.63, 3.8) is 0 Å². The fourth-order valence-corrected chi connectivity index (χ4v) is 3.89. The predicted octanol–water partition coefficient (Wildman–Crippen LogP) is 2.96. The number of hydrogen-bond donors (Lipinski definition) is 1. The van der Waals surface area contributed by atoms with Crippen molar-refractivity contribution in [3.05, 3.63) is 51.5 Å². The molecule has 0 fully saturated rings. The molecule has 20 heavy (non-hydrogen) atoms. The lowest BCUT2D eigenvalue weighted by Gasteiger charge is -2.17. The minimum atomic E-state index is 0.182. The number of ether oxygens (including phenoxy) is 1. The zero-order chi connectivity index (χ0) is 13.8. The van der Waals surface area contributed by atoms with Gasteiger partial charge in [-0.1, -0.05) is 30.3 Å². The van der Waals surface area contributed by atoms with Gasteiger partial charge in [-0.2, -0.15) is 0 Å². The lowest BCUT2D eigenvalue weighted by molar-refractivity contribution is 0.197. The van der Waals surface area contributed by atoms with E-state index in [0.29, 0.717) is 6.61 Å². The molecule has 0 bridgehead atoms. The lowest BCUT2D eigenvalue weighted by atomic mass is 10.1. The van der Waals surface area contributed by atoms with Crippen molar-refractivity contribution in [2.75, 3.05) is 20.3 Å². The van der Waals surface area contributed by atoms with Gasteiger partial charge < -0.3 is 10.1 Å². The fourth-order valence-electron chi connectivity index (χ4n) is 2.63. The quantitative estimate of drug-likeness (QED) is 0.830. The van der Waals surface area contributed by atoms with Crippen LogP contribution >= 0.6 is 11.3 Å². The average Bonchev–Trinajstić information content (AvgIpc) is 3.06. The maximum atomic E-state index is 5.15. The van der Waals surface area contributed by atoms with Gasteiger partial charge in [0, 0.05) is 18.5 Å². The highest BCUT2D eigenvalue weighted by Crippen LogP contribution is 2.33. The maximum Gasteiger partial charge on any atom is 0.115 e. The lowest BCUT2D eigenvalue weighted by Crippen LogP contribution is -2.26. The van der Waals surface area contributed by atoms with Gasteiger partial charge in [0.05, 0.1) is 18.3 Å². The van der Waals surface area contributed by atoms with E-state index in [-0.39, 0.29) is 6.04 Å². The number of aryl methyl sites for hydroxylation is 2. The first-order valence-electron chi connectivity index (χ1n) is 7.14. The summed E-state index contributed by atoms with van der Waals surface area (Å²) in [5, 5.41) is 4.76. The summed E-state index contributed by atoms with van der Waals surface area (Å²) in [6, 6.07) is 10.7. The monoisotopic (exact) mass is 288 g/mol. The van der Waals surface area contributed by atoms with E-state index in [2.05, 4.69) is 35.6 Å². The zero-order valence-electron chi connectivity index (χ0n) is 11.8. The highest BCUT2D eigenvalue weighted by atomic mass is 32.1. The molecule has 3 rings (SSSR count). The summed E-state index contributed by atoms with van der Waals surface area (Å²) in [5.41, 5.74) is 2.59. The second kappa shape index (κ2) is 6.48. The van der Waals surface area contributed by atoms with Crippen molar-refractivity contribution >= 4 is 11.3 Å². The molecule has 1 unspecified atom stereocenters. The molecular weight excluding hydrogens is 268 g/mol. The van der Waals surface area contributed by atoms with Crippen LogP contribution in [0.2, 0.25) is 0 Å². The third kappa shape index (κ3) is 2.92. The van der Waals surface area contributed by atoms with Gasteiger partial charge in [0.2, 0.25) is 0 Å². The molecule has 1 aliphatic carbocycles. The van der Waals surface area contributed by atoms with E-state index >= 15 is 0 Å². The summed E-state index contributed by atoms with van der Waals surface area (Å²) in [6.45, 7) is 1.55. The van der Waals surface area contributed by atoms with Crippen molar-refractivity contribution in [1.29, 1.82) is 0 Å². The summed E-state index contributed by atoms with van der Waals surface area (Å²) in [7, 11) is 1.73. The third-order valence-corrected chi connectivity index (χ3v) is 4.87. The van der Waals surface area contributed by atoms with Crippen molar-refractivity contribution in [2.24, 2.45) is 0 Å². The van der Waals surface area contributed by atoms with Crippen molar-refractivity contribution in [1.82, 2.24) is 10.3 Å². The van der Waals surface area contributed by atoms with Gasteiger partial charge in [0.15, 0.2) is 0 Å². The Bertz CT molecular complexity index is 531. The summed E-state index contributed by atoms with van der Waals surface area (Å²) in [5.74, 6) is 0. The number of rotatable bonds is 6. The van der Waals surface area contributed by atoms with E-state index in [4.69, 9.17) is 9.72 Å². The first-order valence-corrected chi connectivity index (χ1v) is 7.96. The number of hydrogen-bond acceptors (Lipinski definition) is 4. The molecule has 0 saturated carbocycles. The smallest absolute Gasteiger partial charge is 0.115 e. The van der Waals surface area contributed by atoms with Crippen LogP contribution in [0.5, 0.6) is 0 Å². The van der Waals surface area contributed by atoms with Crippen molar-refractivity contribution in [2.45, 2.75) is 25.3 Å². The van der Waals surface area contributed by atoms with Gasteiger partial charge in [0.25, 0.3) is 0 Å². The normalized spacial score (nSPS) is 15.2. The molecule has 4 heteroatoms. The molecule has 1 atom stereocenters. The molecular formula is C16H20N2OS. The Balaban J connectivity index is 1.84. The molecule has 1 aromatic heterocycles. The van der Waals surface area contributed by atoms with Crippen LogP contribution in [0.15, 0.2) is 30.3 Å². The van der Waals surface area contributed by atoms with Gasteiger partial charge in [-0.15, -0.1) is 11.3 Å². The van der Waals surface area contributed by atoms with Crippen molar-refractivity contribution in [3.8, 4) is 0 Å². The summed E-state index contributed by atoms with van der Waals surface area (Å²) in [4.78, 5) is 6.34. The number of benzene rings is 1. The molecule has 0 spiro atoms. The number of nitrogens with zero attached hydrogens (tertiary/aromatic N) is 1. The Morgan fingerprint density at radius 3 is 2.90 bits per heavy atom. The molecule has 1 heterocycles. The maximum absolute atomic E-state index is 5.15. The van der Waals surface area contributed by atoms with Crippen LogP contribution in [-0.4, -0.2) is 25.2 Å². The van der Waals surface area contributed by atoms with Crippen LogP contribution in [0.3, 0.4) is 0 Å². The predicted molar refractivity (Wildman–Crippen MR) is 82.3 cm³/mol. The van der Waals surface area contributed by atoms with Crippen LogP contribution < -0.4 is 5.32 Å². The average molecular weight is 288 g/mol. The fraction of sp³-hybridized carbons (Fsp3) is 0.438. The van der Waals surface area contributed by atoms with E-state index in [1.54, 1.807) is 7.11 Å². The molecule has 2 aromatic rings.